The van der Waals surface area contributed by atoms with Gasteiger partial charge in [0.2, 0.25) is 0 Å². The SMILES string of the molecule is Brc1ccc(I)cc1.Brc1ccc(N(c2ccc(-c3ccccc3)cc2)c2ccccc2-c2ccccc2)cc1.c1ccc(-c2ccc(Nc3ccccc3-c3ccccc3)cc2)cc1. The van der Waals surface area contributed by atoms with Gasteiger partial charge in [-0.25, -0.2) is 0 Å². The van der Waals surface area contributed by atoms with Crippen LogP contribution in [0.2, 0.25) is 0 Å². The number of rotatable bonds is 9. The van der Waals surface area contributed by atoms with E-state index in [1.165, 1.54) is 48.1 Å². The van der Waals surface area contributed by atoms with Gasteiger partial charge in [0.25, 0.3) is 0 Å². The van der Waals surface area contributed by atoms with Crippen LogP contribution in [0.5, 0.6) is 0 Å². The van der Waals surface area contributed by atoms with Crippen molar-refractivity contribution in [1.82, 2.24) is 0 Å². The van der Waals surface area contributed by atoms with E-state index in [2.05, 4.69) is 301 Å². The Bertz CT molecular complexity index is 2960. The predicted octanol–water partition coefficient (Wildman–Crippen LogP) is 19.1. The molecule has 0 fully saturated rings. The molecular formula is C60H45Br2IN2. The number of hydrogen-bond acceptors (Lipinski definition) is 2. The van der Waals surface area contributed by atoms with Crippen LogP contribution in [0.1, 0.15) is 0 Å². The molecule has 0 aliphatic carbocycles. The predicted molar refractivity (Wildman–Crippen MR) is 294 cm³/mol. The zero-order chi connectivity index (χ0) is 44.6. The maximum atomic E-state index is 3.58. The van der Waals surface area contributed by atoms with Crippen molar-refractivity contribution in [1.29, 1.82) is 0 Å². The van der Waals surface area contributed by atoms with E-state index in [-0.39, 0.29) is 0 Å². The highest BCUT2D eigenvalue weighted by Gasteiger charge is 2.17. The Morgan fingerprint density at radius 3 is 1.15 bits per heavy atom. The molecule has 0 bridgehead atoms. The molecule has 10 aromatic carbocycles. The van der Waals surface area contributed by atoms with Gasteiger partial charge in [-0.3, -0.25) is 0 Å². The average Bonchev–Trinajstić information content (AvgIpc) is 3.38. The summed E-state index contributed by atoms with van der Waals surface area (Å²) in [6, 6.07) is 93.0. The number of benzene rings is 10. The summed E-state index contributed by atoms with van der Waals surface area (Å²) in [5.74, 6) is 0. The monoisotopic (exact) mass is 1080 g/mol. The van der Waals surface area contributed by atoms with Gasteiger partial charge in [0.15, 0.2) is 0 Å². The van der Waals surface area contributed by atoms with Crippen LogP contribution in [0.3, 0.4) is 0 Å². The fraction of sp³-hybridized carbons (Fsp3) is 0. The lowest BCUT2D eigenvalue weighted by atomic mass is 10.0. The van der Waals surface area contributed by atoms with Gasteiger partial charge in [-0.1, -0.05) is 214 Å². The molecular weight excluding hydrogens is 1040 g/mol. The van der Waals surface area contributed by atoms with Crippen LogP contribution in [-0.4, -0.2) is 0 Å². The Kier molecular flexibility index (Phi) is 15.9. The molecule has 10 rings (SSSR count). The van der Waals surface area contributed by atoms with E-state index in [4.69, 9.17) is 0 Å². The molecule has 0 saturated heterocycles. The third-order valence-electron chi connectivity index (χ3n) is 10.6. The minimum atomic E-state index is 1.07. The van der Waals surface area contributed by atoms with E-state index >= 15 is 0 Å². The van der Waals surface area contributed by atoms with E-state index in [9.17, 15) is 0 Å². The van der Waals surface area contributed by atoms with Crippen molar-refractivity contribution >= 4 is 82.9 Å². The third-order valence-corrected chi connectivity index (χ3v) is 12.4. The lowest BCUT2D eigenvalue weighted by Gasteiger charge is -2.28. The number of nitrogens with one attached hydrogen (secondary N) is 1. The summed E-state index contributed by atoms with van der Waals surface area (Å²) in [7, 11) is 0. The van der Waals surface area contributed by atoms with E-state index < -0.39 is 0 Å². The molecule has 65 heavy (non-hydrogen) atoms. The number of hydrogen-bond donors (Lipinski definition) is 1. The molecule has 0 atom stereocenters. The van der Waals surface area contributed by atoms with Crippen LogP contribution in [0.15, 0.2) is 276 Å². The molecule has 1 N–H and O–H groups in total. The molecule has 0 aliphatic heterocycles. The van der Waals surface area contributed by atoms with Gasteiger partial charge in [0, 0.05) is 46.4 Å². The van der Waals surface area contributed by atoms with E-state index in [1.54, 1.807) is 0 Å². The van der Waals surface area contributed by atoms with E-state index in [1.807, 2.05) is 30.3 Å². The number of halogens is 3. The topological polar surface area (TPSA) is 15.3 Å². The van der Waals surface area contributed by atoms with Crippen molar-refractivity contribution in [2.75, 3.05) is 10.2 Å². The van der Waals surface area contributed by atoms with Crippen molar-refractivity contribution in [3.63, 3.8) is 0 Å². The first-order valence-electron chi connectivity index (χ1n) is 21.3. The maximum absolute atomic E-state index is 3.58. The van der Waals surface area contributed by atoms with Crippen LogP contribution in [0.4, 0.5) is 28.4 Å². The summed E-state index contributed by atoms with van der Waals surface area (Å²) < 4.78 is 3.47. The van der Waals surface area contributed by atoms with Crippen LogP contribution in [0.25, 0.3) is 44.5 Å². The Labute approximate surface area is 413 Å². The van der Waals surface area contributed by atoms with Gasteiger partial charge in [-0.05, 0) is 141 Å². The first kappa shape index (κ1) is 45.1. The van der Waals surface area contributed by atoms with Gasteiger partial charge in [-0.2, -0.15) is 0 Å². The Hall–Kier alpha value is -6.51. The number of nitrogens with zero attached hydrogens (tertiary/aromatic N) is 1. The summed E-state index contributed by atoms with van der Waals surface area (Å²) in [4.78, 5) is 2.32. The summed E-state index contributed by atoms with van der Waals surface area (Å²) in [5.41, 5.74) is 15.3. The standard InChI is InChI=1S/C30H22BrN.C24H19N.C6H4BrI/c31-26-17-21-28(22-18-26)32(27-19-15-24(16-20-27)23-9-3-1-4-10-23)30-14-8-7-13-29(30)25-11-5-2-6-12-25;1-3-9-19(10-4-1)20-15-17-22(18-16-20)25-24-14-8-7-13-23(24)21-11-5-2-6-12-21;7-5-1-3-6(8)4-2-5/h1-22H;1-18,25H;1-4H. The fourth-order valence-corrected chi connectivity index (χ4v) is 8.29. The lowest BCUT2D eigenvalue weighted by molar-refractivity contribution is 1.28. The first-order valence-corrected chi connectivity index (χ1v) is 24.0. The Morgan fingerprint density at radius 1 is 0.308 bits per heavy atom. The molecule has 0 aliphatic rings. The highest BCUT2D eigenvalue weighted by Crippen LogP contribution is 2.41. The fourth-order valence-electron chi connectivity index (χ4n) is 7.40. The number of anilines is 5. The zero-order valence-electron chi connectivity index (χ0n) is 35.5. The highest BCUT2D eigenvalue weighted by molar-refractivity contribution is 14.1. The second kappa shape index (κ2) is 22.9. The van der Waals surface area contributed by atoms with E-state index in [0.717, 1.165) is 37.4 Å². The summed E-state index contributed by atoms with van der Waals surface area (Å²) in [5, 5.41) is 3.55. The van der Waals surface area contributed by atoms with Crippen LogP contribution in [-0.2, 0) is 0 Å². The summed E-state index contributed by atoms with van der Waals surface area (Å²) in [6.07, 6.45) is 0. The van der Waals surface area contributed by atoms with Crippen molar-refractivity contribution in [3.05, 3.63) is 279 Å². The molecule has 0 saturated carbocycles. The highest BCUT2D eigenvalue weighted by atomic mass is 127. The minimum Gasteiger partial charge on any atom is -0.355 e. The second-order valence-electron chi connectivity index (χ2n) is 15.0. The minimum absolute atomic E-state index is 1.07. The average molecular weight is 1080 g/mol. The van der Waals surface area contributed by atoms with Gasteiger partial charge in [0.1, 0.15) is 0 Å². The zero-order valence-corrected chi connectivity index (χ0v) is 40.8. The second-order valence-corrected chi connectivity index (χ2v) is 18.1. The molecule has 316 valence electrons. The van der Waals surface area contributed by atoms with E-state index in [0.29, 0.717) is 0 Å². The van der Waals surface area contributed by atoms with Crippen LogP contribution in [0, 0.1) is 3.57 Å². The molecule has 0 aromatic heterocycles. The normalized spacial score (nSPS) is 10.4. The van der Waals surface area contributed by atoms with Crippen LogP contribution >= 0.6 is 54.5 Å². The van der Waals surface area contributed by atoms with Crippen molar-refractivity contribution < 1.29 is 0 Å². The van der Waals surface area contributed by atoms with Gasteiger partial charge < -0.3 is 10.2 Å². The Morgan fingerprint density at radius 2 is 0.662 bits per heavy atom. The molecule has 5 heteroatoms. The largest absolute Gasteiger partial charge is 0.355 e. The van der Waals surface area contributed by atoms with Crippen LogP contribution < -0.4 is 10.2 Å². The quantitative estimate of drug-likeness (QED) is 0.145. The molecule has 0 radical (unpaired) electrons. The Balaban J connectivity index is 0.000000155. The molecule has 10 aromatic rings. The maximum Gasteiger partial charge on any atom is 0.0540 e. The molecule has 0 heterocycles. The molecule has 0 spiro atoms. The smallest absolute Gasteiger partial charge is 0.0540 e. The molecule has 0 unspecified atom stereocenters. The van der Waals surface area contributed by atoms with Gasteiger partial charge >= 0.3 is 0 Å². The third kappa shape index (κ3) is 12.4. The molecule has 2 nitrogen and oxygen atoms in total. The summed E-state index contributed by atoms with van der Waals surface area (Å²) in [6.45, 7) is 0. The van der Waals surface area contributed by atoms with Gasteiger partial charge in [0.05, 0.1) is 5.69 Å². The van der Waals surface area contributed by atoms with Crippen molar-refractivity contribution in [2.45, 2.75) is 0 Å². The van der Waals surface area contributed by atoms with Crippen molar-refractivity contribution in [3.8, 4) is 44.5 Å². The summed E-state index contributed by atoms with van der Waals surface area (Å²) >= 11 is 9.19. The molecule has 0 amide bonds. The first-order chi connectivity index (χ1) is 32.0. The lowest BCUT2D eigenvalue weighted by Crippen LogP contribution is -2.11. The van der Waals surface area contributed by atoms with Gasteiger partial charge in [-0.15, -0.1) is 0 Å². The number of para-hydroxylation sites is 2. The van der Waals surface area contributed by atoms with Crippen molar-refractivity contribution in [2.24, 2.45) is 0 Å².